The van der Waals surface area contributed by atoms with Crippen LogP contribution in [0.15, 0.2) is 72.8 Å². The molecule has 7 nitrogen and oxygen atoms in total. The van der Waals surface area contributed by atoms with Gasteiger partial charge in [-0.25, -0.2) is 14.0 Å². The highest BCUT2D eigenvalue weighted by molar-refractivity contribution is 5.87. The first kappa shape index (κ1) is 46.4. The smallest absolute Gasteiger partial charge is 0.333 e. The molecule has 0 spiro atoms. The van der Waals surface area contributed by atoms with Gasteiger partial charge in [-0.1, -0.05) is 89.9 Å². The first-order valence-corrected chi connectivity index (χ1v) is 21.4. The summed E-state index contributed by atoms with van der Waals surface area (Å²) >= 11 is 0. The minimum atomic E-state index is -0.657. The molecule has 1 fully saturated rings. The minimum absolute atomic E-state index is 0.141. The molecule has 0 amide bonds. The maximum absolute atomic E-state index is 15.8. The van der Waals surface area contributed by atoms with Crippen molar-refractivity contribution >= 4 is 11.9 Å². The third-order valence-corrected chi connectivity index (χ3v) is 11.8. The lowest BCUT2D eigenvalue weighted by molar-refractivity contribution is -0.139. The molecule has 0 saturated heterocycles. The zero-order valence-corrected chi connectivity index (χ0v) is 35.7. The van der Waals surface area contributed by atoms with Crippen molar-refractivity contribution in [1.82, 2.24) is 0 Å². The third-order valence-electron chi connectivity index (χ3n) is 11.8. The first-order chi connectivity index (χ1) is 27.8. The number of carbonyl (C=O) groups excluding carboxylic acids is 2. The van der Waals surface area contributed by atoms with Crippen molar-refractivity contribution in [3.63, 3.8) is 0 Å². The van der Waals surface area contributed by atoms with E-state index >= 15 is 4.39 Å². The molecule has 3 aromatic carbocycles. The molecule has 316 valence electrons. The van der Waals surface area contributed by atoms with Crippen LogP contribution in [0.4, 0.5) is 4.39 Å². The van der Waals surface area contributed by atoms with Gasteiger partial charge in [-0.2, -0.15) is 0 Å². The summed E-state index contributed by atoms with van der Waals surface area (Å²) < 4.78 is 33.4. The van der Waals surface area contributed by atoms with Crippen molar-refractivity contribution in [3.05, 3.63) is 101 Å². The molecule has 3 aromatic rings. The summed E-state index contributed by atoms with van der Waals surface area (Å²) in [4.78, 5) is 24.4. The Labute approximate surface area is 346 Å². The van der Waals surface area contributed by atoms with Crippen molar-refractivity contribution < 1.29 is 38.4 Å². The predicted octanol–water partition coefficient (Wildman–Crippen LogP) is 11.0. The molecule has 0 aromatic heterocycles. The number of aryl methyl sites for hydroxylation is 3. The fraction of sp³-hybridized carbons (Fsp3) is 0.520. The van der Waals surface area contributed by atoms with E-state index in [0.717, 1.165) is 77.0 Å². The van der Waals surface area contributed by atoms with Gasteiger partial charge in [-0.3, -0.25) is 0 Å². The van der Waals surface area contributed by atoms with Gasteiger partial charge in [0.15, 0.2) is 0 Å². The molecule has 0 heterocycles. The van der Waals surface area contributed by atoms with Crippen LogP contribution < -0.4 is 4.74 Å². The second kappa shape index (κ2) is 22.8. The number of aliphatic hydroxyl groups excluding tert-OH is 2. The number of carbonyl (C=O) groups is 2. The van der Waals surface area contributed by atoms with Crippen LogP contribution in [0.3, 0.4) is 0 Å². The van der Waals surface area contributed by atoms with Crippen molar-refractivity contribution in [2.24, 2.45) is 11.3 Å². The molecule has 1 aliphatic carbocycles. The second-order valence-electron chi connectivity index (χ2n) is 16.6. The molecule has 58 heavy (non-hydrogen) atoms. The summed E-state index contributed by atoms with van der Waals surface area (Å²) in [5.41, 5.74) is 7.46. The highest BCUT2D eigenvalue weighted by Crippen LogP contribution is 2.40. The van der Waals surface area contributed by atoms with Crippen LogP contribution in [-0.2, 0) is 38.3 Å². The van der Waals surface area contributed by atoms with Crippen molar-refractivity contribution in [3.8, 4) is 28.0 Å². The highest BCUT2D eigenvalue weighted by Gasteiger charge is 2.29. The predicted molar refractivity (Wildman–Crippen MR) is 231 cm³/mol. The SMILES string of the molecule is C=C(C)C(=O)OCCCc1cc(-c2ccc(-c3ccc(C4CCC(C)CC4)cc3F)cc2CC)cc(CCCOC(=O)C(=C)C)c1OCCC(CO)(CO)CCCC. The van der Waals surface area contributed by atoms with Crippen molar-refractivity contribution in [2.75, 3.05) is 33.0 Å². The van der Waals surface area contributed by atoms with Crippen molar-refractivity contribution in [2.45, 2.75) is 124 Å². The van der Waals surface area contributed by atoms with Gasteiger partial charge in [0.05, 0.1) is 33.0 Å². The van der Waals surface area contributed by atoms with Gasteiger partial charge in [0, 0.05) is 22.1 Å². The maximum atomic E-state index is 15.8. The normalized spacial score (nSPS) is 15.5. The van der Waals surface area contributed by atoms with Crippen LogP contribution in [0.1, 0.15) is 127 Å². The largest absolute Gasteiger partial charge is 0.493 e. The Hall–Kier alpha value is -4.27. The van der Waals surface area contributed by atoms with E-state index in [2.05, 4.69) is 64.3 Å². The Bertz CT molecular complexity index is 1800. The monoisotopic (exact) mass is 798 g/mol. The number of hydrogen-bond donors (Lipinski definition) is 2. The Morgan fingerprint density at radius 3 is 1.83 bits per heavy atom. The van der Waals surface area contributed by atoms with Crippen LogP contribution in [-0.4, -0.2) is 55.2 Å². The maximum Gasteiger partial charge on any atom is 0.333 e. The molecule has 0 radical (unpaired) electrons. The minimum Gasteiger partial charge on any atom is -0.493 e. The van der Waals surface area contributed by atoms with Gasteiger partial charge in [-0.05, 0) is 141 Å². The van der Waals surface area contributed by atoms with Gasteiger partial charge in [-0.15, -0.1) is 0 Å². The Morgan fingerprint density at radius 1 is 0.741 bits per heavy atom. The Balaban J connectivity index is 1.72. The van der Waals surface area contributed by atoms with E-state index in [4.69, 9.17) is 14.2 Å². The number of rotatable bonds is 23. The summed E-state index contributed by atoms with van der Waals surface area (Å²) in [6, 6.07) is 16.2. The molecule has 0 unspecified atom stereocenters. The molecule has 2 N–H and O–H groups in total. The van der Waals surface area contributed by atoms with Gasteiger partial charge < -0.3 is 24.4 Å². The van der Waals surface area contributed by atoms with Crippen LogP contribution in [0.5, 0.6) is 5.75 Å². The van der Waals surface area contributed by atoms with E-state index in [1.54, 1.807) is 19.9 Å². The molecule has 4 rings (SSSR count). The second-order valence-corrected chi connectivity index (χ2v) is 16.6. The molecular formula is C50H67FO7. The number of unbranched alkanes of at least 4 members (excludes halogenated alkanes) is 1. The zero-order valence-electron chi connectivity index (χ0n) is 35.7. The number of hydrogen-bond acceptors (Lipinski definition) is 7. The summed E-state index contributed by atoms with van der Waals surface area (Å²) in [7, 11) is 0. The molecule has 1 saturated carbocycles. The molecule has 0 bridgehead atoms. The molecule has 8 heteroatoms. The fourth-order valence-electron chi connectivity index (χ4n) is 7.93. The van der Waals surface area contributed by atoms with E-state index in [1.165, 1.54) is 12.8 Å². The first-order valence-electron chi connectivity index (χ1n) is 21.4. The number of ether oxygens (including phenoxy) is 3. The van der Waals surface area contributed by atoms with E-state index in [0.29, 0.717) is 66.9 Å². The van der Waals surface area contributed by atoms with Crippen LogP contribution in [0.25, 0.3) is 22.3 Å². The van der Waals surface area contributed by atoms with Gasteiger partial charge in [0.1, 0.15) is 11.6 Å². The molecule has 0 aliphatic heterocycles. The zero-order chi connectivity index (χ0) is 42.2. The quantitative estimate of drug-likeness (QED) is 0.0559. The molecule has 1 aliphatic rings. The number of aliphatic hydroxyl groups is 2. The van der Waals surface area contributed by atoms with Crippen molar-refractivity contribution in [1.29, 1.82) is 0 Å². The number of halogens is 1. The Morgan fingerprint density at radius 2 is 1.31 bits per heavy atom. The Kier molecular flexibility index (Phi) is 18.2. The van der Waals surface area contributed by atoms with Gasteiger partial charge in [0.25, 0.3) is 0 Å². The average Bonchev–Trinajstić information content (AvgIpc) is 3.22. The highest BCUT2D eigenvalue weighted by atomic mass is 19.1. The lowest BCUT2D eigenvalue weighted by Gasteiger charge is -2.30. The van der Waals surface area contributed by atoms with E-state index in [1.807, 2.05) is 12.1 Å². The summed E-state index contributed by atoms with van der Waals surface area (Å²) in [5, 5.41) is 20.7. The fourth-order valence-corrected chi connectivity index (χ4v) is 7.93. The lowest BCUT2D eigenvalue weighted by Crippen LogP contribution is -2.32. The standard InChI is InChI=1S/C50H67FO7/c1-8-10-23-50(32-52,33-53)24-27-56-47-41(13-11-25-57-48(54)34(3)4)29-43(30-42(47)14-12-26-58-49(55)35(5)6)44-21-20-40(28-37(44)9-2)45-22-19-39(31-46(45)51)38-17-15-36(7)16-18-38/h19-22,28-31,36,38,52-53H,3,5,8-18,23-27,32-33H2,1-2,4,6-7H3. The summed E-state index contributed by atoms with van der Waals surface area (Å²) in [6.45, 7) is 17.5. The topological polar surface area (TPSA) is 102 Å². The summed E-state index contributed by atoms with van der Waals surface area (Å²) in [5.74, 6) is 0.777. The van der Waals surface area contributed by atoms with Crippen LogP contribution in [0, 0.1) is 17.2 Å². The summed E-state index contributed by atoms with van der Waals surface area (Å²) in [6.07, 6.45) is 10.4. The van der Waals surface area contributed by atoms with Crippen LogP contribution in [0.2, 0.25) is 0 Å². The lowest BCUT2D eigenvalue weighted by atomic mass is 9.79. The van der Waals surface area contributed by atoms with E-state index in [9.17, 15) is 19.8 Å². The third kappa shape index (κ3) is 12.9. The van der Waals surface area contributed by atoms with Gasteiger partial charge >= 0.3 is 11.9 Å². The molecule has 0 atom stereocenters. The molecular weight excluding hydrogens is 732 g/mol. The number of esters is 2. The number of benzene rings is 3. The van der Waals surface area contributed by atoms with Crippen LogP contribution >= 0.6 is 0 Å². The van der Waals surface area contributed by atoms with E-state index in [-0.39, 0.29) is 38.9 Å². The van der Waals surface area contributed by atoms with Gasteiger partial charge in [0.2, 0.25) is 0 Å². The van der Waals surface area contributed by atoms with E-state index < -0.39 is 17.4 Å². The average molecular weight is 799 g/mol.